The minimum Gasteiger partial charge on any atom is -0.489 e. The quantitative estimate of drug-likeness (QED) is 0.723. The van der Waals surface area contributed by atoms with Crippen molar-refractivity contribution in [2.45, 2.75) is 51.2 Å². The van der Waals surface area contributed by atoms with Gasteiger partial charge in [-0.2, -0.15) is 8.42 Å². The second-order valence-corrected chi connectivity index (χ2v) is 7.82. The van der Waals surface area contributed by atoms with E-state index in [1.807, 2.05) is 39.0 Å². The second kappa shape index (κ2) is 10.8. The van der Waals surface area contributed by atoms with E-state index >= 15 is 0 Å². The van der Waals surface area contributed by atoms with Crippen molar-refractivity contribution in [3.63, 3.8) is 0 Å². The molecule has 0 unspecified atom stereocenters. The largest absolute Gasteiger partial charge is 0.489 e. The van der Waals surface area contributed by atoms with Crippen LogP contribution in [-0.4, -0.2) is 35.3 Å². The summed E-state index contributed by atoms with van der Waals surface area (Å²) in [4.78, 5) is 4.03. The predicted molar refractivity (Wildman–Crippen MR) is 106 cm³/mol. The van der Waals surface area contributed by atoms with Crippen LogP contribution in [0.15, 0.2) is 53.7 Å². The Bertz CT molecular complexity index is 828. The van der Waals surface area contributed by atoms with Crippen LogP contribution in [-0.2, 0) is 10.1 Å². The molecule has 6 nitrogen and oxygen atoms in total. The lowest BCUT2D eigenvalue weighted by atomic mass is 10.2. The fraction of sp³-hybridized carbons (Fsp3) is 0.350. The molecular weight excluding hydrogens is 366 g/mol. The first kappa shape index (κ1) is 22.8. The molecule has 0 aliphatic carbocycles. The van der Waals surface area contributed by atoms with E-state index < -0.39 is 10.1 Å². The number of hydrogen-bond acceptors (Lipinski definition) is 5. The summed E-state index contributed by atoms with van der Waals surface area (Å²) in [5.74, 6) is 0.772. The van der Waals surface area contributed by atoms with Gasteiger partial charge in [-0.05, 0) is 57.9 Å². The zero-order valence-electron chi connectivity index (χ0n) is 16.0. The molecule has 0 spiro atoms. The number of benzene rings is 1. The monoisotopic (exact) mass is 393 g/mol. The van der Waals surface area contributed by atoms with Crippen molar-refractivity contribution < 1.29 is 22.8 Å². The minimum absolute atomic E-state index is 0.0666. The molecule has 0 bridgehead atoms. The number of nitrogens with zero attached hydrogens (tertiary/aromatic N) is 1. The highest BCUT2D eigenvalue weighted by molar-refractivity contribution is 7.85. The Kier molecular flexibility index (Phi) is 9.14. The van der Waals surface area contributed by atoms with Crippen LogP contribution in [0.2, 0.25) is 0 Å². The molecule has 1 aromatic heterocycles. The number of ether oxygens (including phenoxy) is 1. The van der Waals surface area contributed by atoms with Crippen molar-refractivity contribution in [3.05, 3.63) is 59.9 Å². The Balaban J connectivity index is 0.000000289. The van der Waals surface area contributed by atoms with Gasteiger partial charge in [0.05, 0.1) is 23.3 Å². The normalized spacial score (nSPS) is 12.6. The molecule has 1 heterocycles. The fourth-order valence-electron chi connectivity index (χ4n) is 1.97. The lowest BCUT2D eigenvalue weighted by molar-refractivity contribution is 0.199. The Morgan fingerprint density at radius 1 is 1.15 bits per heavy atom. The number of pyridine rings is 1. The van der Waals surface area contributed by atoms with E-state index in [1.165, 1.54) is 12.1 Å². The third kappa shape index (κ3) is 9.89. The van der Waals surface area contributed by atoms with Crippen molar-refractivity contribution in [2.75, 3.05) is 0 Å². The molecule has 2 rings (SSSR count). The lowest BCUT2D eigenvalue weighted by Gasteiger charge is -2.09. The molecule has 0 saturated carbocycles. The summed E-state index contributed by atoms with van der Waals surface area (Å²) >= 11 is 0. The number of hydrogen-bond donors (Lipinski definition) is 2. The molecule has 148 valence electrons. The van der Waals surface area contributed by atoms with Crippen molar-refractivity contribution in [2.24, 2.45) is 0 Å². The lowest BCUT2D eigenvalue weighted by Crippen LogP contribution is -2.05. The molecule has 0 aliphatic heterocycles. The summed E-state index contributed by atoms with van der Waals surface area (Å²) in [6, 6.07) is 7.92. The van der Waals surface area contributed by atoms with Gasteiger partial charge in [0.2, 0.25) is 0 Å². The zero-order valence-corrected chi connectivity index (χ0v) is 16.8. The number of aromatic nitrogens is 1. The highest BCUT2D eigenvalue weighted by Gasteiger charge is 2.06. The highest BCUT2D eigenvalue weighted by atomic mass is 32.2. The average Bonchev–Trinajstić information content (AvgIpc) is 2.54. The van der Waals surface area contributed by atoms with Crippen molar-refractivity contribution in [1.82, 2.24) is 4.98 Å². The smallest absolute Gasteiger partial charge is 0.294 e. The molecule has 0 saturated heterocycles. The predicted octanol–water partition coefficient (Wildman–Crippen LogP) is 3.89. The summed E-state index contributed by atoms with van der Waals surface area (Å²) in [6.07, 6.45) is 7.83. The maximum absolute atomic E-state index is 10.5. The molecular formula is C20H27NO5S. The van der Waals surface area contributed by atoms with Crippen LogP contribution in [0.3, 0.4) is 0 Å². The molecule has 1 atom stereocenters. The standard InChI is InChI=1S/C13H19NO2.C7H8O3S/c1-10(2)16-13-7-12(8-14-9-13)6-4-5-11(3)15;1-6-2-4-7(5-3-6)11(8,9)10/h4,6-11,15H,5H2,1-3H3;2-5H,1H3,(H,8,9,10)/b6-4+;/t11-;/m1./s1. The van der Waals surface area contributed by atoms with Crippen molar-refractivity contribution in [3.8, 4) is 5.75 Å². The van der Waals surface area contributed by atoms with E-state index in [2.05, 4.69) is 4.98 Å². The van der Waals surface area contributed by atoms with E-state index in [0.717, 1.165) is 16.9 Å². The van der Waals surface area contributed by atoms with Crippen LogP contribution in [0.1, 0.15) is 38.3 Å². The summed E-state index contributed by atoms with van der Waals surface area (Å²) in [6.45, 7) is 7.57. The van der Waals surface area contributed by atoms with Gasteiger partial charge >= 0.3 is 0 Å². The van der Waals surface area contributed by atoms with Crippen LogP contribution < -0.4 is 4.74 Å². The van der Waals surface area contributed by atoms with Gasteiger partial charge in [0.25, 0.3) is 10.1 Å². The van der Waals surface area contributed by atoms with Gasteiger partial charge in [0, 0.05) is 6.20 Å². The van der Waals surface area contributed by atoms with Gasteiger partial charge in [-0.1, -0.05) is 29.8 Å². The molecule has 27 heavy (non-hydrogen) atoms. The third-order valence-electron chi connectivity index (χ3n) is 3.21. The van der Waals surface area contributed by atoms with E-state index in [9.17, 15) is 8.42 Å². The van der Waals surface area contributed by atoms with Gasteiger partial charge in [0.1, 0.15) is 5.75 Å². The van der Waals surface area contributed by atoms with Gasteiger partial charge in [-0.25, -0.2) is 0 Å². The zero-order chi connectivity index (χ0) is 20.4. The minimum atomic E-state index is -4.02. The summed E-state index contributed by atoms with van der Waals surface area (Å²) in [5, 5.41) is 9.11. The molecule has 0 aliphatic rings. The maximum atomic E-state index is 10.5. The highest BCUT2D eigenvalue weighted by Crippen LogP contribution is 2.14. The summed E-state index contributed by atoms with van der Waals surface area (Å²) in [7, 11) is -4.02. The topological polar surface area (TPSA) is 96.7 Å². The number of aliphatic hydroxyl groups excluding tert-OH is 1. The summed E-state index contributed by atoms with van der Waals surface area (Å²) in [5.41, 5.74) is 1.94. The molecule has 2 aromatic rings. The molecule has 0 fully saturated rings. The van der Waals surface area contributed by atoms with Crippen LogP contribution in [0.5, 0.6) is 5.75 Å². The second-order valence-electron chi connectivity index (χ2n) is 6.40. The fourth-order valence-corrected chi connectivity index (χ4v) is 2.45. The Labute approximate surface area is 161 Å². The molecule has 0 radical (unpaired) electrons. The van der Waals surface area contributed by atoms with E-state index in [4.69, 9.17) is 14.4 Å². The van der Waals surface area contributed by atoms with Crippen molar-refractivity contribution in [1.29, 1.82) is 0 Å². The van der Waals surface area contributed by atoms with Gasteiger partial charge in [-0.15, -0.1) is 0 Å². The van der Waals surface area contributed by atoms with Crippen LogP contribution in [0, 0.1) is 6.92 Å². The number of aryl methyl sites for hydroxylation is 1. The van der Waals surface area contributed by atoms with Crippen LogP contribution in [0.4, 0.5) is 0 Å². The van der Waals surface area contributed by atoms with Crippen molar-refractivity contribution >= 4 is 16.2 Å². The Hall–Kier alpha value is -2.22. The SMILES string of the molecule is CC(C)Oc1cncc(/C=C/C[C@@H](C)O)c1.Cc1ccc(S(=O)(=O)O)cc1. The van der Waals surface area contributed by atoms with Gasteiger partial charge < -0.3 is 9.84 Å². The third-order valence-corrected chi connectivity index (χ3v) is 4.08. The number of aliphatic hydroxyl groups is 1. The Morgan fingerprint density at radius 3 is 2.30 bits per heavy atom. The first-order valence-corrected chi connectivity index (χ1v) is 10.0. The van der Waals surface area contributed by atoms with Gasteiger partial charge in [0.15, 0.2) is 0 Å². The van der Waals surface area contributed by atoms with Crippen LogP contribution >= 0.6 is 0 Å². The molecule has 1 aromatic carbocycles. The molecule has 0 amide bonds. The maximum Gasteiger partial charge on any atom is 0.294 e. The van der Waals surface area contributed by atoms with E-state index in [0.29, 0.717) is 6.42 Å². The number of rotatable bonds is 6. The van der Waals surface area contributed by atoms with Gasteiger partial charge in [-0.3, -0.25) is 9.54 Å². The first-order valence-electron chi connectivity index (χ1n) is 8.58. The molecule has 2 N–H and O–H groups in total. The Morgan fingerprint density at radius 2 is 1.78 bits per heavy atom. The van der Waals surface area contributed by atoms with E-state index in [-0.39, 0.29) is 17.1 Å². The summed E-state index contributed by atoms with van der Waals surface area (Å²) < 4.78 is 35.1. The van der Waals surface area contributed by atoms with E-state index in [1.54, 1.807) is 31.5 Å². The average molecular weight is 394 g/mol. The first-order chi connectivity index (χ1) is 12.6. The van der Waals surface area contributed by atoms with Crippen LogP contribution in [0.25, 0.3) is 6.08 Å². The molecule has 7 heteroatoms.